The summed E-state index contributed by atoms with van der Waals surface area (Å²) in [5.41, 5.74) is -0.572. The van der Waals surface area contributed by atoms with Crippen LogP contribution in [0.1, 0.15) is 23.7 Å². The van der Waals surface area contributed by atoms with Crippen LogP contribution >= 0.6 is 0 Å². The third-order valence-electron chi connectivity index (χ3n) is 3.44. The van der Waals surface area contributed by atoms with E-state index in [4.69, 9.17) is 4.74 Å². The minimum absolute atomic E-state index is 0.0684. The molecule has 20 heavy (non-hydrogen) atoms. The van der Waals surface area contributed by atoms with Crippen LogP contribution in [0.5, 0.6) is 0 Å². The molecular formula is C13H15FN2O4. The van der Waals surface area contributed by atoms with E-state index in [0.29, 0.717) is 13.2 Å². The van der Waals surface area contributed by atoms with Gasteiger partial charge >= 0.3 is 5.69 Å². The van der Waals surface area contributed by atoms with Crippen molar-refractivity contribution in [1.82, 2.24) is 5.32 Å². The van der Waals surface area contributed by atoms with Crippen LogP contribution < -0.4 is 5.32 Å². The summed E-state index contributed by atoms with van der Waals surface area (Å²) in [4.78, 5) is 21.6. The van der Waals surface area contributed by atoms with E-state index in [2.05, 4.69) is 5.32 Å². The number of ether oxygens (including phenoxy) is 1. The Morgan fingerprint density at radius 1 is 1.60 bits per heavy atom. The van der Waals surface area contributed by atoms with Gasteiger partial charge < -0.3 is 10.1 Å². The zero-order chi connectivity index (χ0) is 14.7. The summed E-state index contributed by atoms with van der Waals surface area (Å²) in [6.45, 7) is 3.13. The first-order valence-corrected chi connectivity index (χ1v) is 6.31. The number of amides is 1. The lowest BCUT2D eigenvalue weighted by Gasteiger charge is -2.19. The van der Waals surface area contributed by atoms with Crippen LogP contribution in [-0.4, -0.2) is 30.1 Å². The number of nitrogens with zero attached hydrogens (tertiary/aromatic N) is 1. The molecule has 0 spiro atoms. The summed E-state index contributed by atoms with van der Waals surface area (Å²) in [7, 11) is 0. The van der Waals surface area contributed by atoms with Gasteiger partial charge in [0.25, 0.3) is 5.91 Å². The quantitative estimate of drug-likeness (QED) is 0.675. The highest BCUT2D eigenvalue weighted by Gasteiger charge is 2.24. The van der Waals surface area contributed by atoms with Gasteiger partial charge in [-0.05, 0) is 25.5 Å². The Labute approximate surface area is 115 Å². The van der Waals surface area contributed by atoms with Crippen LogP contribution in [0.4, 0.5) is 10.1 Å². The van der Waals surface area contributed by atoms with Crippen LogP contribution in [-0.2, 0) is 4.74 Å². The molecule has 0 radical (unpaired) electrons. The van der Waals surface area contributed by atoms with E-state index in [1.807, 2.05) is 6.92 Å². The number of nitro benzene ring substituents is 1. The van der Waals surface area contributed by atoms with Crippen LogP contribution in [0.2, 0.25) is 0 Å². The standard InChI is InChI=1S/C13H15FN2O4/c1-8(10-4-5-20-7-10)15-13(17)9-2-3-12(16(18)19)11(14)6-9/h2-3,6,8,10H,4-5,7H2,1H3,(H,15,17). The highest BCUT2D eigenvalue weighted by Crippen LogP contribution is 2.19. The molecule has 2 rings (SSSR count). The van der Waals surface area contributed by atoms with E-state index in [1.165, 1.54) is 6.07 Å². The molecule has 0 saturated carbocycles. The predicted octanol–water partition coefficient (Wildman–Crippen LogP) is 1.89. The molecule has 1 aliphatic rings. The Morgan fingerprint density at radius 3 is 2.90 bits per heavy atom. The monoisotopic (exact) mass is 282 g/mol. The summed E-state index contributed by atoms with van der Waals surface area (Å²) in [5, 5.41) is 13.3. The van der Waals surface area contributed by atoms with Gasteiger partial charge in [0.1, 0.15) is 0 Å². The molecule has 1 amide bonds. The molecule has 0 aromatic heterocycles. The van der Waals surface area contributed by atoms with Gasteiger partial charge in [0.05, 0.1) is 11.5 Å². The highest BCUT2D eigenvalue weighted by molar-refractivity contribution is 5.94. The predicted molar refractivity (Wildman–Crippen MR) is 68.9 cm³/mol. The molecule has 0 aliphatic carbocycles. The number of nitrogens with one attached hydrogen (secondary N) is 1. The number of hydrogen-bond donors (Lipinski definition) is 1. The van der Waals surface area contributed by atoms with Crippen LogP contribution in [0, 0.1) is 21.8 Å². The van der Waals surface area contributed by atoms with Crippen molar-refractivity contribution in [3.63, 3.8) is 0 Å². The second kappa shape index (κ2) is 5.96. The molecule has 2 atom stereocenters. The van der Waals surface area contributed by atoms with Crippen molar-refractivity contribution in [2.75, 3.05) is 13.2 Å². The van der Waals surface area contributed by atoms with Crippen LogP contribution in [0.3, 0.4) is 0 Å². The van der Waals surface area contributed by atoms with E-state index < -0.39 is 22.3 Å². The van der Waals surface area contributed by atoms with E-state index >= 15 is 0 Å². The van der Waals surface area contributed by atoms with Crippen molar-refractivity contribution in [2.45, 2.75) is 19.4 Å². The number of halogens is 1. The second-order valence-corrected chi connectivity index (χ2v) is 4.81. The average molecular weight is 282 g/mol. The average Bonchev–Trinajstić information content (AvgIpc) is 2.91. The van der Waals surface area contributed by atoms with Gasteiger partial charge in [0.15, 0.2) is 0 Å². The van der Waals surface area contributed by atoms with E-state index in [9.17, 15) is 19.3 Å². The highest BCUT2D eigenvalue weighted by atomic mass is 19.1. The van der Waals surface area contributed by atoms with Crippen molar-refractivity contribution in [3.05, 3.63) is 39.7 Å². The molecule has 1 fully saturated rings. The van der Waals surface area contributed by atoms with E-state index in [-0.39, 0.29) is 17.5 Å². The fourth-order valence-corrected chi connectivity index (χ4v) is 2.15. The fourth-order valence-electron chi connectivity index (χ4n) is 2.15. The largest absolute Gasteiger partial charge is 0.381 e. The molecule has 1 saturated heterocycles. The maximum Gasteiger partial charge on any atom is 0.304 e. The number of rotatable bonds is 4. The Morgan fingerprint density at radius 2 is 2.35 bits per heavy atom. The van der Waals surface area contributed by atoms with Gasteiger partial charge in [0.2, 0.25) is 5.82 Å². The molecule has 1 N–H and O–H groups in total. The second-order valence-electron chi connectivity index (χ2n) is 4.81. The normalized spacial score (nSPS) is 19.6. The molecule has 1 aromatic carbocycles. The molecule has 1 aromatic rings. The first-order valence-electron chi connectivity index (χ1n) is 6.31. The third-order valence-corrected chi connectivity index (χ3v) is 3.44. The minimum atomic E-state index is -1.01. The van der Waals surface area contributed by atoms with Crippen molar-refractivity contribution < 1.29 is 18.8 Å². The topological polar surface area (TPSA) is 81.5 Å². The van der Waals surface area contributed by atoms with Crippen molar-refractivity contribution in [1.29, 1.82) is 0 Å². The third kappa shape index (κ3) is 3.11. The van der Waals surface area contributed by atoms with Gasteiger partial charge in [-0.3, -0.25) is 14.9 Å². The molecular weight excluding hydrogens is 267 g/mol. The number of carbonyl (C=O) groups excluding carboxylic acids is 1. The molecule has 1 aliphatic heterocycles. The lowest BCUT2D eigenvalue weighted by atomic mass is 10.0. The Balaban J connectivity index is 2.05. The Kier molecular flexibility index (Phi) is 4.29. The molecule has 1 heterocycles. The van der Waals surface area contributed by atoms with Gasteiger partial charge in [-0.2, -0.15) is 4.39 Å². The zero-order valence-electron chi connectivity index (χ0n) is 11.0. The smallest absolute Gasteiger partial charge is 0.304 e. The fraction of sp³-hybridized carbons (Fsp3) is 0.462. The molecule has 6 nitrogen and oxygen atoms in total. The summed E-state index contributed by atoms with van der Waals surface area (Å²) < 4.78 is 18.7. The van der Waals surface area contributed by atoms with Crippen molar-refractivity contribution in [3.8, 4) is 0 Å². The number of nitro groups is 1. The maximum absolute atomic E-state index is 13.5. The van der Waals surface area contributed by atoms with Crippen LogP contribution in [0.25, 0.3) is 0 Å². The molecule has 2 unspecified atom stereocenters. The number of benzene rings is 1. The maximum atomic E-state index is 13.5. The Bertz CT molecular complexity index is 529. The van der Waals surface area contributed by atoms with Gasteiger partial charge in [0, 0.05) is 30.2 Å². The number of carbonyl (C=O) groups is 1. The summed E-state index contributed by atoms with van der Waals surface area (Å²) in [6, 6.07) is 3.02. The lowest BCUT2D eigenvalue weighted by molar-refractivity contribution is -0.387. The molecule has 7 heteroatoms. The minimum Gasteiger partial charge on any atom is -0.381 e. The first kappa shape index (κ1) is 14.4. The summed E-state index contributed by atoms with van der Waals surface area (Å²) >= 11 is 0. The van der Waals surface area contributed by atoms with Crippen molar-refractivity contribution in [2.24, 2.45) is 5.92 Å². The first-order chi connectivity index (χ1) is 9.49. The van der Waals surface area contributed by atoms with Gasteiger partial charge in [-0.1, -0.05) is 0 Å². The number of hydrogen-bond acceptors (Lipinski definition) is 4. The zero-order valence-corrected chi connectivity index (χ0v) is 11.0. The molecule has 0 bridgehead atoms. The van der Waals surface area contributed by atoms with Gasteiger partial charge in [-0.15, -0.1) is 0 Å². The van der Waals surface area contributed by atoms with Crippen molar-refractivity contribution >= 4 is 11.6 Å². The summed E-state index contributed by atoms with van der Waals surface area (Å²) in [6.07, 6.45) is 0.871. The Hall–Kier alpha value is -2.02. The van der Waals surface area contributed by atoms with Crippen LogP contribution in [0.15, 0.2) is 18.2 Å². The van der Waals surface area contributed by atoms with E-state index in [0.717, 1.165) is 18.6 Å². The van der Waals surface area contributed by atoms with Gasteiger partial charge in [-0.25, -0.2) is 0 Å². The lowest BCUT2D eigenvalue weighted by Crippen LogP contribution is -2.38. The SMILES string of the molecule is CC(NC(=O)c1ccc([N+](=O)[O-])c(F)c1)C1CCOC1. The summed E-state index contributed by atoms with van der Waals surface area (Å²) in [5.74, 6) is -1.22. The van der Waals surface area contributed by atoms with E-state index in [1.54, 1.807) is 0 Å². The molecule has 108 valence electrons.